The van der Waals surface area contributed by atoms with Gasteiger partial charge in [0.25, 0.3) is 0 Å². The summed E-state index contributed by atoms with van der Waals surface area (Å²) in [6, 6.07) is 7.69. The van der Waals surface area contributed by atoms with E-state index >= 15 is 0 Å². The Bertz CT molecular complexity index is 559. The van der Waals surface area contributed by atoms with E-state index in [0.717, 1.165) is 22.8 Å². The van der Waals surface area contributed by atoms with Gasteiger partial charge in [-0.05, 0) is 18.6 Å². The van der Waals surface area contributed by atoms with Gasteiger partial charge in [0, 0.05) is 23.5 Å². The normalized spacial score (nSPS) is 12.3. The maximum atomic E-state index is 11.9. The molecule has 1 unspecified atom stereocenters. The second-order valence-electron chi connectivity index (χ2n) is 4.00. The molecule has 1 heterocycles. The van der Waals surface area contributed by atoms with Gasteiger partial charge in [0.2, 0.25) is 0 Å². The van der Waals surface area contributed by atoms with Crippen LogP contribution >= 0.6 is 0 Å². The highest BCUT2D eigenvalue weighted by molar-refractivity contribution is 5.91. The number of nitrogens with one attached hydrogen (secondary N) is 1. The molecule has 0 saturated heterocycles. The second kappa shape index (κ2) is 5.49. The first kappa shape index (κ1) is 12.4. The standard InChI is InChI=1S/C14H15NO3/c1-2-18-14(17)11(7-8-16)12-9-15-13-6-4-3-5-10(12)13/h3-6,8-9,11,15H,2,7H2,1H3. The number of para-hydroxylation sites is 1. The summed E-state index contributed by atoms with van der Waals surface area (Å²) in [5.41, 5.74) is 1.77. The maximum Gasteiger partial charge on any atom is 0.313 e. The van der Waals surface area contributed by atoms with Crippen molar-refractivity contribution in [2.24, 2.45) is 0 Å². The van der Waals surface area contributed by atoms with Gasteiger partial charge < -0.3 is 14.5 Å². The molecule has 2 aromatic rings. The topological polar surface area (TPSA) is 59.2 Å². The largest absolute Gasteiger partial charge is 0.466 e. The first-order valence-corrected chi connectivity index (χ1v) is 5.94. The number of hydrogen-bond acceptors (Lipinski definition) is 3. The number of aldehydes is 1. The zero-order valence-corrected chi connectivity index (χ0v) is 10.2. The lowest BCUT2D eigenvalue weighted by Crippen LogP contribution is -2.16. The summed E-state index contributed by atoms with van der Waals surface area (Å²) in [5.74, 6) is -0.882. The summed E-state index contributed by atoms with van der Waals surface area (Å²) in [6.45, 7) is 2.07. The number of esters is 1. The average molecular weight is 245 g/mol. The molecule has 1 N–H and O–H groups in total. The predicted octanol–water partition coefficient (Wildman–Crippen LogP) is 2.40. The van der Waals surface area contributed by atoms with Crippen LogP contribution in [0.3, 0.4) is 0 Å². The van der Waals surface area contributed by atoms with E-state index in [1.54, 1.807) is 13.1 Å². The molecule has 4 nitrogen and oxygen atoms in total. The van der Waals surface area contributed by atoms with E-state index in [2.05, 4.69) is 4.98 Å². The van der Waals surface area contributed by atoms with Gasteiger partial charge in [-0.2, -0.15) is 0 Å². The molecule has 1 aromatic heterocycles. The van der Waals surface area contributed by atoms with Crippen molar-refractivity contribution >= 4 is 23.2 Å². The van der Waals surface area contributed by atoms with Gasteiger partial charge in [0.05, 0.1) is 12.5 Å². The van der Waals surface area contributed by atoms with Crippen LogP contribution in [0, 0.1) is 0 Å². The van der Waals surface area contributed by atoms with Crippen LogP contribution < -0.4 is 0 Å². The quantitative estimate of drug-likeness (QED) is 0.650. The summed E-state index contributed by atoms with van der Waals surface area (Å²) < 4.78 is 5.02. The van der Waals surface area contributed by atoms with E-state index in [1.807, 2.05) is 24.3 Å². The molecule has 2 rings (SSSR count). The van der Waals surface area contributed by atoms with Crippen molar-refractivity contribution < 1.29 is 14.3 Å². The van der Waals surface area contributed by atoms with Crippen LogP contribution in [0.5, 0.6) is 0 Å². The van der Waals surface area contributed by atoms with Gasteiger partial charge in [0.1, 0.15) is 6.29 Å². The van der Waals surface area contributed by atoms with Crippen LogP contribution in [-0.2, 0) is 14.3 Å². The zero-order valence-electron chi connectivity index (χ0n) is 10.2. The third-order valence-corrected chi connectivity index (χ3v) is 2.90. The third-order valence-electron chi connectivity index (χ3n) is 2.90. The first-order valence-electron chi connectivity index (χ1n) is 5.94. The van der Waals surface area contributed by atoms with Crippen molar-refractivity contribution in [1.82, 2.24) is 4.98 Å². The minimum Gasteiger partial charge on any atom is -0.466 e. The fraction of sp³-hybridized carbons (Fsp3) is 0.286. The molecule has 18 heavy (non-hydrogen) atoms. The summed E-state index contributed by atoms with van der Waals surface area (Å²) in [7, 11) is 0. The van der Waals surface area contributed by atoms with Crippen LogP contribution in [0.15, 0.2) is 30.5 Å². The van der Waals surface area contributed by atoms with E-state index in [9.17, 15) is 9.59 Å². The van der Waals surface area contributed by atoms with E-state index in [1.165, 1.54) is 0 Å². The van der Waals surface area contributed by atoms with Gasteiger partial charge in [-0.1, -0.05) is 18.2 Å². The number of benzene rings is 1. The Morgan fingerprint density at radius 2 is 2.22 bits per heavy atom. The molecular formula is C14H15NO3. The Morgan fingerprint density at radius 3 is 2.94 bits per heavy atom. The number of aromatic amines is 1. The van der Waals surface area contributed by atoms with Crippen molar-refractivity contribution in [1.29, 1.82) is 0 Å². The Hall–Kier alpha value is -2.10. The SMILES string of the molecule is CCOC(=O)C(CC=O)c1c[nH]c2ccccc12. The van der Waals surface area contributed by atoms with Crippen molar-refractivity contribution in [2.45, 2.75) is 19.3 Å². The molecule has 0 radical (unpaired) electrons. The number of aromatic nitrogens is 1. The summed E-state index contributed by atoms with van der Waals surface area (Å²) >= 11 is 0. The minimum atomic E-state index is -0.529. The van der Waals surface area contributed by atoms with E-state index in [0.29, 0.717) is 6.61 Å². The highest BCUT2D eigenvalue weighted by Gasteiger charge is 2.24. The molecule has 0 aliphatic carbocycles. The number of fused-ring (bicyclic) bond motifs is 1. The monoisotopic (exact) mass is 245 g/mol. The first-order chi connectivity index (χ1) is 8.77. The molecule has 4 heteroatoms. The van der Waals surface area contributed by atoms with E-state index < -0.39 is 5.92 Å². The molecule has 0 saturated carbocycles. The molecule has 0 aliphatic rings. The molecule has 1 atom stereocenters. The molecule has 0 aliphatic heterocycles. The second-order valence-corrected chi connectivity index (χ2v) is 4.00. The molecule has 0 fully saturated rings. The highest BCUT2D eigenvalue weighted by atomic mass is 16.5. The smallest absolute Gasteiger partial charge is 0.313 e. The van der Waals surface area contributed by atoms with Gasteiger partial charge >= 0.3 is 5.97 Å². The van der Waals surface area contributed by atoms with E-state index in [-0.39, 0.29) is 12.4 Å². The lowest BCUT2D eigenvalue weighted by molar-refractivity contribution is -0.145. The van der Waals surface area contributed by atoms with Crippen molar-refractivity contribution in [2.75, 3.05) is 6.61 Å². The van der Waals surface area contributed by atoms with Crippen LogP contribution in [0.2, 0.25) is 0 Å². The maximum absolute atomic E-state index is 11.9. The van der Waals surface area contributed by atoms with Gasteiger partial charge in [-0.15, -0.1) is 0 Å². The molecule has 0 amide bonds. The predicted molar refractivity (Wildman–Crippen MR) is 68.4 cm³/mol. The summed E-state index contributed by atoms with van der Waals surface area (Å²) in [5, 5.41) is 0.956. The van der Waals surface area contributed by atoms with E-state index in [4.69, 9.17) is 4.74 Å². The number of H-pyrrole nitrogens is 1. The summed E-state index contributed by atoms with van der Waals surface area (Å²) in [6.07, 6.45) is 2.67. The number of ether oxygens (including phenoxy) is 1. The molecular weight excluding hydrogens is 230 g/mol. The van der Waals surface area contributed by atoms with Crippen LogP contribution in [0.1, 0.15) is 24.8 Å². The third kappa shape index (κ3) is 2.27. The number of rotatable bonds is 5. The van der Waals surface area contributed by atoms with Crippen molar-refractivity contribution in [3.05, 3.63) is 36.0 Å². The van der Waals surface area contributed by atoms with Crippen LogP contribution in [0.25, 0.3) is 10.9 Å². The Kier molecular flexibility index (Phi) is 3.77. The van der Waals surface area contributed by atoms with Gasteiger partial charge in [0.15, 0.2) is 0 Å². The molecule has 0 spiro atoms. The highest BCUT2D eigenvalue weighted by Crippen LogP contribution is 2.28. The lowest BCUT2D eigenvalue weighted by Gasteiger charge is -2.12. The molecule has 94 valence electrons. The Labute approximate surface area is 105 Å². The average Bonchev–Trinajstić information content (AvgIpc) is 2.80. The van der Waals surface area contributed by atoms with Gasteiger partial charge in [-0.25, -0.2) is 0 Å². The Balaban J connectivity index is 2.41. The van der Waals surface area contributed by atoms with Crippen molar-refractivity contribution in [3.8, 4) is 0 Å². The summed E-state index contributed by atoms with van der Waals surface area (Å²) in [4.78, 5) is 25.7. The van der Waals surface area contributed by atoms with Gasteiger partial charge in [-0.3, -0.25) is 4.79 Å². The fourth-order valence-electron chi connectivity index (χ4n) is 2.07. The minimum absolute atomic E-state index is 0.140. The Morgan fingerprint density at radius 1 is 1.44 bits per heavy atom. The number of carbonyl (C=O) groups is 2. The number of hydrogen-bond donors (Lipinski definition) is 1. The lowest BCUT2D eigenvalue weighted by atomic mass is 9.96. The van der Waals surface area contributed by atoms with Crippen LogP contribution in [-0.4, -0.2) is 23.8 Å². The van der Waals surface area contributed by atoms with Crippen molar-refractivity contribution in [3.63, 3.8) is 0 Å². The zero-order chi connectivity index (χ0) is 13.0. The van der Waals surface area contributed by atoms with Crippen LogP contribution in [0.4, 0.5) is 0 Å². The number of carbonyl (C=O) groups excluding carboxylic acids is 2. The molecule has 1 aromatic carbocycles. The fourth-order valence-corrected chi connectivity index (χ4v) is 2.07. The molecule has 0 bridgehead atoms.